The summed E-state index contributed by atoms with van der Waals surface area (Å²) in [6, 6.07) is 1.79. The molecule has 0 spiro atoms. The van der Waals surface area contributed by atoms with E-state index in [0.717, 1.165) is 25.3 Å². The molecule has 1 aromatic rings. The van der Waals surface area contributed by atoms with E-state index in [-0.39, 0.29) is 23.9 Å². The third-order valence-corrected chi connectivity index (χ3v) is 5.46. The van der Waals surface area contributed by atoms with Crippen LogP contribution in [0.4, 0.5) is 10.7 Å². The molecule has 156 valence electrons. The van der Waals surface area contributed by atoms with Crippen LogP contribution in [0.1, 0.15) is 39.3 Å². The number of hydrogen-bond donors (Lipinski definition) is 2. The summed E-state index contributed by atoms with van der Waals surface area (Å²) in [5.74, 6) is 0.721. The summed E-state index contributed by atoms with van der Waals surface area (Å²) < 4.78 is 5.17. The predicted molar refractivity (Wildman–Crippen MR) is 106 cm³/mol. The molecule has 3 amide bonds. The van der Waals surface area contributed by atoms with E-state index in [2.05, 4.69) is 34.5 Å². The Labute approximate surface area is 166 Å². The summed E-state index contributed by atoms with van der Waals surface area (Å²) in [5, 5.41) is 10.0. The van der Waals surface area contributed by atoms with Gasteiger partial charge in [0.1, 0.15) is 0 Å². The summed E-state index contributed by atoms with van der Waals surface area (Å²) in [7, 11) is 0. The van der Waals surface area contributed by atoms with Gasteiger partial charge in [-0.2, -0.15) is 0 Å². The van der Waals surface area contributed by atoms with E-state index < -0.39 is 0 Å². The van der Waals surface area contributed by atoms with Crippen molar-refractivity contribution in [2.24, 2.45) is 0 Å². The van der Waals surface area contributed by atoms with Crippen LogP contribution in [0.2, 0.25) is 0 Å². The van der Waals surface area contributed by atoms with Gasteiger partial charge in [-0.25, -0.2) is 4.79 Å². The standard InChI is InChI=1S/C19H32N6O3/c1-13(2)15-11-17(28-22-15)21-19(27)24-9-7-23(8-10-24)18(26)16-12-25(14(3)4)6-5-20-16/h11,13-14,16,20H,5-10,12H2,1-4H3,(H,21,27)/t16-/m1/s1. The summed E-state index contributed by atoms with van der Waals surface area (Å²) >= 11 is 0. The van der Waals surface area contributed by atoms with Gasteiger partial charge in [-0.15, -0.1) is 0 Å². The van der Waals surface area contributed by atoms with Gasteiger partial charge < -0.3 is 19.6 Å². The first-order chi connectivity index (χ1) is 13.3. The molecule has 0 aromatic carbocycles. The molecule has 9 nitrogen and oxygen atoms in total. The number of hydrogen-bond acceptors (Lipinski definition) is 6. The third-order valence-electron chi connectivity index (χ3n) is 5.46. The Morgan fingerprint density at radius 3 is 2.43 bits per heavy atom. The molecule has 2 aliphatic heterocycles. The van der Waals surface area contributed by atoms with Crippen LogP contribution in [0.5, 0.6) is 0 Å². The number of carbonyl (C=O) groups excluding carboxylic acids is 2. The molecule has 0 radical (unpaired) electrons. The van der Waals surface area contributed by atoms with Gasteiger partial charge in [0.15, 0.2) is 0 Å². The lowest BCUT2D eigenvalue weighted by Crippen LogP contribution is -2.61. The van der Waals surface area contributed by atoms with Gasteiger partial charge in [-0.3, -0.25) is 15.0 Å². The first-order valence-corrected chi connectivity index (χ1v) is 10.1. The monoisotopic (exact) mass is 392 g/mol. The van der Waals surface area contributed by atoms with Crippen molar-refractivity contribution >= 4 is 17.8 Å². The van der Waals surface area contributed by atoms with Crippen molar-refractivity contribution in [3.8, 4) is 0 Å². The lowest BCUT2D eigenvalue weighted by Gasteiger charge is -2.40. The van der Waals surface area contributed by atoms with Crippen LogP contribution < -0.4 is 10.6 Å². The minimum atomic E-state index is -0.222. The van der Waals surface area contributed by atoms with Crippen molar-refractivity contribution in [2.75, 3.05) is 51.1 Å². The number of rotatable bonds is 4. The van der Waals surface area contributed by atoms with Crippen molar-refractivity contribution in [3.05, 3.63) is 11.8 Å². The van der Waals surface area contributed by atoms with Crippen LogP contribution in [0, 0.1) is 0 Å². The van der Waals surface area contributed by atoms with Crippen molar-refractivity contribution in [2.45, 2.75) is 45.7 Å². The fraction of sp³-hybridized carbons (Fsp3) is 0.737. The SMILES string of the molecule is CC(C)c1cc(NC(=O)N2CCN(C(=O)[C@H]3CN(C(C)C)CCN3)CC2)on1. The Morgan fingerprint density at radius 2 is 1.82 bits per heavy atom. The maximum atomic E-state index is 12.8. The predicted octanol–water partition coefficient (Wildman–Crippen LogP) is 1.16. The molecule has 3 heterocycles. The van der Waals surface area contributed by atoms with E-state index >= 15 is 0 Å². The zero-order chi connectivity index (χ0) is 20.3. The van der Waals surface area contributed by atoms with Crippen LogP contribution in [-0.4, -0.2) is 89.7 Å². The zero-order valence-electron chi connectivity index (χ0n) is 17.3. The second kappa shape index (κ2) is 8.91. The molecular formula is C19H32N6O3. The molecular weight excluding hydrogens is 360 g/mol. The Kier molecular flexibility index (Phi) is 6.56. The van der Waals surface area contributed by atoms with Crippen LogP contribution in [0.25, 0.3) is 0 Å². The lowest BCUT2D eigenvalue weighted by atomic mass is 10.1. The van der Waals surface area contributed by atoms with Gasteiger partial charge in [0.05, 0.1) is 11.7 Å². The molecule has 3 rings (SSSR count). The summed E-state index contributed by atoms with van der Waals surface area (Å²) in [6.07, 6.45) is 0. The maximum Gasteiger partial charge on any atom is 0.324 e. The highest BCUT2D eigenvalue weighted by molar-refractivity contribution is 5.88. The van der Waals surface area contributed by atoms with Crippen molar-refractivity contribution in [1.29, 1.82) is 0 Å². The van der Waals surface area contributed by atoms with Gasteiger partial charge in [0, 0.05) is 57.9 Å². The second-order valence-corrected chi connectivity index (χ2v) is 8.11. The topological polar surface area (TPSA) is 94.0 Å². The van der Waals surface area contributed by atoms with Crippen LogP contribution >= 0.6 is 0 Å². The number of piperazine rings is 2. The van der Waals surface area contributed by atoms with Crippen LogP contribution in [-0.2, 0) is 4.79 Å². The summed E-state index contributed by atoms with van der Waals surface area (Å²) in [5.41, 5.74) is 0.807. The minimum absolute atomic E-state index is 0.127. The highest BCUT2D eigenvalue weighted by Gasteiger charge is 2.32. The summed E-state index contributed by atoms with van der Waals surface area (Å²) in [6.45, 7) is 13.0. The highest BCUT2D eigenvalue weighted by Crippen LogP contribution is 2.18. The normalized spacial score (nSPS) is 21.4. The molecule has 0 saturated carbocycles. The quantitative estimate of drug-likeness (QED) is 0.799. The number of amides is 3. The molecule has 0 bridgehead atoms. The smallest absolute Gasteiger partial charge is 0.324 e. The largest absolute Gasteiger partial charge is 0.338 e. The number of aromatic nitrogens is 1. The maximum absolute atomic E-state index is 12.8. The van der Waals surface area contributed by atoms with Crippen molar-refractivity contribution in [1.82, 2.24) is 25.2 Å². The van der Waals surface area contributed by atoms with Gasteiger partial charge in [0.2, 0.25) is 11.8 Å². The highest BCUT2D eigenvalue weighted by atomic mass is 16.5. The number of nitrogens with one attached hydrogen (secondary N) is 2. The van der Waals surface area contributed by atoms with Gasteiger partial charge in [0.25, 0.3) is 0 Å². The Morgan fingerprint density at radius 1 is 1.14 bits per heavy atom. The average molecular weight is 393 g/mol. The van der Waals surface area contributed by atoms with E-state index in [0.29, 0.717) is 38.1 Å². The van der Waals surface area contributed by atoms with E-state index in [9.17, 15) is 9.59 Å². The molecule has 0 aliphatic carbocycles. The Hall–Kier alpha value is -2.13. The van der Waals surface area contributed by atoms with E-state index in [1.807, 2.05) is 18.7 Å². The second-order valence-electron chi connectivity index (χ2n) is 8.11. The molecule has 2 fully saturated rings. The van der Waals surface area contributed by atoms with Crippen molar-refractivity contribution in [3.63, 3.8) is 0 Å². The minimum Gasteiger partial charge on any atom is -0.338 e. The van der Waals surface area contributed by atoms with E-state index in [1.54, 1.807) is 11.0 Å². The molecule has 1 aromatic heterocycles. The van der Waals surface area contributed by atoms with Gasteiger partial charge in [-0.1, -0.05) is 19.0 Å². The van der Waals surface area contributed by atoms with Crippen LogP contribution in [0.3, 0.4) is 0 Å². The summed E-state index contributed by atoms with van der Waals surface area (Å²) in [4.78, 5) is 31.2. The first-order valence-electron chi connectivity index (χ1n) is 10.1. The Balaban J connectivity index is 1.48. The third kappa shape index (κ3) is 4.82. The van der Waals surface area contributed by atoms with Gasteiger partial charge >= 0.3 is 6.03 Å². The number of carbonyl (C=O) groups is 2. The van der Waals surface area contributed by atoms with Crippen molar-refractivity contribution < 1.29 is 14.1 Å². The molecule has 1 atom stereocenters. The average Bonchev–Trinajstić information content (AvgIpc) is 3.16. The lowest BCUT2D eigenvalue weighted by molar-refractivity contribution is -0.136. The number of urea groups is 1. The molecule has 9 heteroatoms. The van der Waals surface area contributed by atoms with E-state index in [1.165, 1.54) is 0 Å². The molecule has 0 unspecified atom stereocenters. The number of anilines is 1. The Bertz CT molecular complexity index is 681. The van der Waals surface area contributed by atoms with E-state index in [4.69, 9.17) is 4.52 Å². The molecule has 2 aliphatic rings. The number of nitrogens with zero attached hydrogens (tertiary/aromatic N) is 4. The molecule has 28 heavy (non-hydrogen) atoms. The first kappa shape index (κ1) is 20.6. The fourth-order valence-corrected chi connectivity index (χ4v) is 3.56. The van der Waals surface area contributed by atoms with Gasteiger partial charge in [-0.05, 0) is 19.8 Å². The zero-order valence-corrected chi connectivity index (χ0v) is 17.3. The molecule has 2 N–H and O–H groups in total. The van der Waals surface area contributed by atoms with Crippen LogP contribution in [0.15, 0.2) is 10.6 Å². The molecule has 2 saturated heterocycles. The fourth-order valence-electron chi connectivity index (χ4n) is 3.56.